The summed E-state index contributed by atoms with van der Waals surface area (Å²) < 4.78 is 15.3. The molecule has 0 radical (unpaired) electrons. The van der Waals surface area contributed by atoms with Gasteiger partial charge in [0.15, 0.2) is 11.5 Å². The van der Waals surface area contributed by atoms with Gasteiger partial charge in [0.25, 0.3) is 11.4 Å². The van der Waals surface area contributed by atoms with E-state index in [0.717, 1.165) is 0 Å². The molecule has 1 N–H and O–H groups in total. The molecular formula is C18H17N5O6. The highest BCUT2D eigenvalue weighted by Gasteiger charge is 2.22. The Morgan fingerprint density at radius 3 is 2.59 bits per heavy atom. The first-order chi connectivity index (χ1) is 13.9. The summed E-state index contributed by atoms with van der Waals surface area (Å²) in [6.07, 6.45) is 1.43. The highest BCUT2D eigenvalue weighted by molar-refractivity contribution is 5.83. The van der Waals surface area contributed by atoms with Gasteiger partial charge in [-0.1, -0.05) is 12.1 Å². The number of aromatic nitrogens is 2. The molecule has 0 aliphatic carbocycles. The third kappa shape index (κ3) is 4.08. The van der Waals surface area contributed by atoms with E-state index in [0.29, 0.717) is 38.9 Å². The summed E-state index contributed by atoms with van der Waals surface area (Å²) in [5.41, 5.74) is 4.84. The van der Waals surface area contributed by atoms with Crippen molar-refractivity contribution < 1.29 is 23.9 Å². The molecular weight excluding hydrogens is 382 g/mol. The van der Waals surface area contributed by atoms with E-state index in [1.807, 2.05) is 0 Å². The molecule has 3 rings (SSSR count). The summed E-state index contributed by atoms with van der Waals surface area (Å²) in [4.78, 5) is 10.7. The molecule has 0 amide bonds. The van der Waals surface area contributed by atoms with E-state index >= 15 is 0 Å². The number of hydrazone groups is 1. The number of nitrogens with one attached hydrogen (secondary N) is 1. The molecule has 150 valence electrons. The number of benzene rings is 2. The van der Waals surface area contributed by atoms with Crippen LogP contribution in [-0.2, 0) is 0 Å². The second-order valence-electron chi connectivity index (χ2n) is 5.84. The minimum absolute atomic E-state index is 0.0426. The van der Waals surface area contributed by atoms with Crippen molar-refractivity contribution in [3.8, 4) is 22.8 Å². The molecule has 0 bridgehead atoms. The number of ether oxygens (including phenoxy) is 2. The van der Waals surface area contributed by atoms with Gasteiger partial charge in [-0.25, -0.2) is 0 Å². The van der Waals surface area contributed by atoms with E-state index in [-0.39, 0.29) is 11.4 Å². The van der Waals surface area contributed by atoms with Gasteiger partial charge in [-0.05, 0) is 11.0 Å². The Hall–Kier alpha value is -4.15. The van der Waals surface area contributed by atoms with Gasteiger partial charge in [-0.2, -0.15) is 5.10 Å². The molecule has 11 nitrogen and oxygen atoms in total. The summed E-state index contributed by atoms with van der Waals surface area (Å²) in [5, 5.41) is 30.4. The Bertz CT molecular complexity index is 1080. The lowest BCUT2D eigenvalue weighted by Crippen LogP contribution is -2.25. The first kappa shape index (κ1) is 19.6. The number of methoxy groups -OCH3 is 2. The van der Waals surface area contributed by atoms with Crippen molar-refractivity contribution in [2.45, 2.75) is 6.92 Å². The van der Waals surface area contributed by atoms with Crippen LogP contribution in [0.2, 0.25) is 0 Å². The van der Waals surface area contributed by atoms with Crippen molar-refractivity contribution >= 4 is 17.6 Å². The van der Waals surface area contributed by atoms with Crippen LogP contribution < -0.4 is 19.8 Å². The molecule has 0 atom stereocenters. The molecule has 1 aromatic heterocycles. The lowest BCUT2D eigenvalue weighted by Gasteiger charge is -2.12. The molecule has 11 heteroatoms. The molecule has 2 aromatic carbocycles. The maximum absolute atomic E-state index is 11.6. The number of nitrogens with zero attached hydrogens (tertiary/aromatic N) is 4. The second-order valence-corrected chi connectivity index (χ2v) is 5.84. The lowest BCUT2D eigenvalue weighted by atomic mass is 10.1. The first-order valence-corrected chi connectivity index (χ1v) is 8.30. The molecule has 0 aliphatic heterocycles. The third-order valence-corrected chi connectivity index (χ3v) is 4.08. The highest BCUT2D eigenvalue weighted by atomic mass is 16.8. The van der Waals surface area contributed by atoms with E-state index < -0.39 is 4.92 Å². The van der Waals surface area contributed by atoms with E-state index in [2.05, 4.69) is 20.3 Å². The normalized spacial score (nSPS) is 10.9. The fourth-order valence-corrected chi connectivity index (χ4v) is 2.60. The third-order valence-electron chi connectivity index (χ3n) is 4.08. The number of rotatable bonds is 7. The fraction of sp³-hybridized carbons (Fsp3) is 0.167. The first-order valence-electron chi connectivity index (χ1n) is 8.30. The van der Waals surface area contributed by atoms with Gasteiger partial charge in [-0.3, -0.25) is 20.2 Å². The van der Waals surface area contributed by atoms with Gasteiger partial charge >= 0.3 is 0 Å². The predicted octanol–water partition coefficient (Wildman–Crippen LogP) is 2.65. The van der Waals surface area contributed by atoms with Gasteiger partial charge < -0.3 is 14.7 Å². The van der Waals surface area contributed by atoms with Gasteiger partial charge in [0.05, 0.1) is 36.6 Å². The Kier molecular flexibility index (Phi) is 5.58. The smallest absolute Gasteiger partial charge is 0.270 e. The van der Waals surface area contributed by atoms with Crippen LogP contribution in [0.5, 0.6) is 11.5 Å². The standard InChI is InChI=1S/C18H17N5O6/c1-11-18(21-29-23(11)26)14-8-16(27-2)17(28-3)9-15(14)20-19-10-12-5-4-6-13(7-12)22(24)25/h4-10,20H,1-3H3/b19-10+. The van der Waals surface area contributed by atoms with Crippen molar-refractivity contribution in [1.29, 1.82) is 0 Å². The average Bonchev–Trinajstić information content (AvgIpc) is 3.06. The van der Waals surface area contributed by atoms with Crippen LogP contribution in [0.4, 0.5) is 11.4 Å². The van der Waals surface area contributed by atoms with Crippen LogP contribution in [-0.4, -0.2) is 30.5 Å². The summed E-state index contributed by atoms with van der Waals surface area (Å²) in [7, 11) is 2.97. The molecule has 3 aromatic rings. The zero-order chi connectivity index (χ0) is 21.0. The number of anilines is 1. The van der Waals surface area contributed by atoms with Crippen LogP contribution in [0, 0.1) is 22.2 Å². The zero-order valence-corrected chi connectivity index (χ0v) is 15.8. The molecule has 0 saturated heterocycles. The Morgan fingerprint density at radius 1 is 1.24 bits per heavy atom. The van der Waals surface area contributed by atoms with Gasteiger partial charge in [0.2, 0.25) is 5.69 Å². The van der Waals surface area contributed by atoms with Crippen LogP contribution in [0.1, 0.15) is 11.3 Å². The van der Waals surface area contributed by atoms with E-state index in [1.165, 1.54) is 32.6 Å². The van der Waals surface area contributed by atoms with Crippen LogP contribution in [0.3, 0.4) is 0 Å². The molecule has 0 spiro atoms. The lowest BCUT2D eigenvalue weighted by molar-refractivity contribution is -0.806. The Labute approximate surface area is 164 Å². The maximum atomic E-state index is 11.6. The number of nitro groups is 1. The number of non-ortho nitro benzene ring substituents is 1. The monoisotopic (exact) mass is 399 g/mol. The Balaban J connectivity index is 1.98. The largest absolute Gasteiger partial charge is 0.493 e. The van der Waals surface area contributed by atoms with E-state index in [1.54, 1.807) is 31.2 Å². The quantitative estimate of drug-likeness (QED) is 0.277. The topological polar surface area (TPSA) is 139 Å². The van der Waals surface area contributed by atoms with Crippen molar-refractivity contribution in [1.82, 2.24) is 5.16 Å². The molecule has 0 unspecified atom stereocenters. The molecule has 0 aliphatic rings. The average molecular weight is 399 g/mol. The molecule has 1 heterocycles. The van der Waals surface area contributed by atoms with Crippen molar-refractivity contribution in [2.24, 2.45) is 5.10 Å². The SMILES string of the molecule is COc1cc(N/N=C/c2cccc([N+](=O)[O-])c2)c(-c2no[n+]([O-])c2C)cc1OC. The van der Waals surface area contributed by atoms with Gasteiger partial charge in [0.1, 0.15) is 0 Å². The summed E-state index contributed by atoms with van der Waals surface area (Å²) >= 11 is 0. The van der Waals surface area contributed by atoms with Gasteiger partial charge in [0, 0.05) is 35.8 Å². The Morgan fingerprint density at radius 2 is 1.97 bits per heavy atom. The van der Waals surface area contributed by atoms with E-state index in [9.17, 15) is 15.3 Å². The summed E-state index contributed by atoms with van der Waals surface area (Å²) in [6, 6.07) is 9.28. The van der Waals surface area contributed by atoms with Gasteiger partial charge in [-0.15, -0.1) is 0 Å². The molecule has 0 fully saturated rings. The minimum Gasteiger partial charge on any atom is -0.493 e. The zero-order valence-electron chi connectivity index (χ0n) is 15.8. The summed E-state index contributed by atoms with van der Waals surface area (Å²) in [6.45, 7) is 1.56. The van der Waals surface area contributed by atoms with Crippen molar-refractivity contribution in [2.75, 3.05) is 19.6 Å². The highest BCUT2D eigenvalue weighted by Crippen LogP contribution is 2.38. The predicted molar refractivity (Wildman–Crippen MR) is 103 cm³/mol. The van der Waals surface area contributed by atoms with E-state index in [4.69, 9.17) is 9.47 Å². The minimum atomic E-state index is -0.483. The van der Waals surface area contributed by atoms with Crippen molar-refractivity contribution in [3.05, 3.63) is 63.0 Å². The van der Waals surface area contributed by atoms with Crippen LogP contribution >= 0.6 is 0 Å². The molecule has 0 saturated carbocycles. The number of nitro benzene ring substituents is 1. The molecule has 29 heavy (non-hydrogen) atoms. The fourth-order valence-electron chi connectivity index (χ4n) is 2.60. The van der Waals surface area contributed by atoms with Crippen LogP contribution in [0.25, 0.3) is 11.3 Å². The number of hydrogen-bond acceptors (Lipinski definition) is 9. The van der Waals surface area contributed by atoms with Crippen molar-refractivity contribution in [3.63, 3.8) is 0 Å². The summed E-state index contributed by atoms with van der Waals surface area (Å²) in [5.74, 6) is 0.857. The van der Waals surface area contributed by atoms with Crippen LogP contribution in [0.15, 0.2) is 46.1 Å². The maximum Gasteiger partial charge on any atom is 0.270 e. The number of hydrogen-bond donors (Lipinski definition) is 1. The second kappa shape index (κ2) is 8.25.